The van der Waals surface area contributed by atoms with Crippen LogP contribution in [0.5, 0.6) is 5.75 Å². The number of amides is 1. The van der Waals surface area contributed by atoms with Gasteiger partial charge in [0, 0.05) is 10.7 Å². The van der Waals surface area contributed by atoms with Gasteiger partial charge in [-0.2, -0.15) is 0 Å². The minimum absolute atomic E-state index is 0.256. The number of benzene rings is 2. The Morgan fingerprint density at radius 2 is 1.79 bits per heavy atom. The molecule has 0 saturated carbocycles. The molecule has 6 heteroatoms. The molecular formula is C18H18ClNO4. The van der Waals surface area contributed by atoms with Gasteiger partial charge in [-0.25, -0.2) is 4.79 Å². The second-order valence-electron chi connectivity index (χ2n) is 5.22. The number of aryl methyl sites for hydroxylation is 2. The zero-order valence-corrected chi connectivity index (χ0v) is 14.2. The Hall–Kier alpha value is -2.53. The van der Waals surface area contributed by atoms with Crippen molar-refractivity contribution in [1.82, 2.24) is 0 Å². The lowest BCUT2D eigenvalue weighted by atomic mass is 10.2. The van der Waals surface area contributed by atoms with Gasteiger partial charge in [-0.1, -0.05) is 35.9 Å². The zero-order valence-electron chi connectivity index (χ0n) is 13.5. The van der Waals surface area contributed by atoms with E-state index in [1.807, 2.05) is 32.0 Å². The second kappa shape index (κ2) is 8.36. The zero-order chi connectivity index (χ0) is 17.5. The fourth-order valence-electron chi connectivity index (χ4n) is 1.96. The van der Waals surface area contributed by atoms with Gasteiger partial charge < -0.3 is 14.8 Å². The average molecular weight is 348 g/mol. The summed E-state index contributed by atoms with van der Waals surface area (Å²) in [6.07, 6.45) is 0. The number of para-hydroxylation sites is 1. The molecule has 0 unspecified atom stereocenters. The van der Waals surface area contributed by atoms with E-state index in [1.165, 1.54) is 0 Å². The van der Waals surface area contributed by atoms with E-state index in [1.54, 1.807) is 24.3 Å². The molecule has 0 radical (unpaired) electrons. The summed E-state index contributed by atoms with van der Waals surface area (Å²) in [5.74, 6) is -0.450. The van der Waals surface area contributed by atoms with Crippen LogP contribution in [0.3, 0.4) is 0 Å². The van der Waals surface area contributed by atoms with Gasteiger partial charge in [0.25, 0.3) is 5.91 Å². The summed E-state index contributed by atoms with van der Waals surface area (Å²) in [7, 11) is 0. The predicted octanol–water partition coefficient (Wildman–Crippen LogP) is 3.52. The molecule has 2 rings (SSSR count). The van der Waals surface area contributed by atoms with Crippen LogP contribution in [0, 0.1) is 13.8 Å². The van der Waals surface area contributed by atoms with Crippen molar-refractivity contribution in [3.8, 4) is 5.75 Å². The lowest BCUT2D eigenvalue weighted by Crippen LogP contribution is -2.24. The Kier molecular flexibility index (Phi) is 6.21. The Balaban J connectivity index is 1.78. The number of halogens is 1. The van der Waals surface area contributed by atoms with Crippen molar-refractivity contribution in [2.45, 2.75) is 13.8 Å². The molecule has 0 spiro atoms. The Morgan fingerprint density at radius 3 is 2.54 bits per heavy atom. The summed E-state index contributed by atoms with van der Waals surface area (Å²) in [5, 5.41) is 3.16. The maximum Gasteiger partial charge on any atom is 0.344 e. The van der Waals surface area contributed by atoms with Crippen molar-refractivity contribution >= 4 is 29.2 Å². The summed E-state index contributed by atoms with van der Waals surface area (Å²) < 4.78 is 10.3. The number of hydrogen-bond acceptors (Lipinski definition) is 4. The van der Waals surface area contributed by atoms with E-state index in [0.29, 0.717) is 16.5 Å². The first-order valence-electron chi connectivity index (χ1n) is 7.36. The molecule has 1 amide bonds. The van der Waals surface area contributed by atoms with Crippen LogP contribution in [0.15, 0.2) is 42.5 Å². The van der Waals surface area contributed by atoms with Crippen molar-refractivity contribution in [2.75, 3.05) is 18.5 Å². The molecule has 0 fully saturated rings. The average Bonchev–Trinajstić information content (AvgIpc) is 2.55. The van der Waals surface area contributed by atoms with Crippen LogP contribution < -0.4 is 10.1 Å². The quantitative estimate of drug-likeness (QED) is 0.812. The van der Waals surface area contributed by atoms with E-state index in [9.17, 15) is 9.59 Å². The van der Waals surface area contributed by atoms with Gasteiger partial charge in [-0.3, -0.25) is 4.79 Å². The van der Waals surface area contributed by atoms with E-state index in [-0.39, 0.29) is 13.2 Å². The molecule has 0 aliphatic carbocycles. The monoisotopic (exact) mass is 347 g/mol. The fourth-order valence-corrected chi connectivity index (χ4v) is 2.13. The lowest BCUT2D eigenvalue weighted by molar-refractivity contribution is -0.149. The molecule has 0 aliphatic rings. The number of hydrogen-bond donors (Lipinski definition) is 1. The molecule has 0 bridgehead atoms. The fraction of sp³-hybridized carbons (Fsp3) is 0.222. The smallest absolute Gasteiger partial charge is 0.344 e. The summed E-state index contributed by atoms with van der Waals surface area (Å²) in [4.78, 5) is 23.5. The molecule has 24 heavy (non-hydrogen) atoms. The second-order valence-corrected chi connectivity index (χ2v) is 5.66. The first-order valence-corrected chi connectivity index (χ1v) is 7.73. The summed E-state index contributed by atoms with van der Waals surface area (Å²) in [5.41, 5.74) is 2.36. The SMILES string of the molecule is Cc1ccc(Cl)cc1NC(=O)COC(=O)COc1ccccc1C. The minimum atomic E-state index is -0.615. The summed E-state index contributed by atoms with van der Waals surface area (Å²) in [6, 6.07) is 12.5. The molecule has 2 aromatic carbocycles. The largest absolute Gasteiger partial charge is 0.482 e. The first-order chi connectivity index (χ1) is 11.5. The van der Waals surface area contributed by atoms with Gasteiger partial charge >= 0.3 is 5.97 Å². The number of nitrogens with one attached hydrogen (secondary N) is 1. The van der Waals surface area contributed by atoms with E-state index in [0.717, 1.165) is 11.1 Å². The maximum absolute atomic E-state index is 11.8. The normalized spacial score (nSPS) is 10.1. The van der Waals surface area contributed by atoms with E-state index in [2.05, 4.69) is 5.32 Å². The Labute approximate surface area is 145 Å². The highest BCUT2D eigenvalue weighted by Crippen LogP contribution is 2.20. The van der Waals surface area contributed by atoms with E-state index in [4.69, 9.17) is 21.1 Å². The third-order valence-electron chi connectivity index (χ3n) is 3.28. The molecule has 1 N–H and O–H groups in total. The highest BCUT2D eigenvalue weighted by Gasteiger charge is 2.10. The van der Waals surface area contributed by atoms with Crippen molar-refractivity contribution in [3.63, 3.8) is 0 Å². The molecule has 0 aromatic heterocycles. The van der Waals surface area contributed by atoms with Gasteiger partial charge in [-0.05, 0) is 43.2 Å². The molecule has 0 atom stereocenters. The number of esters is 1. The van der Waals surface area contributed by atoms with Crippen molar-refractivity contribution in [2.24, 2.45) is 0 Å². The third-order valence-corrected chi connectivity index (χ3v) is 3.51. The molecule has 2 aromatic rings. The van der Waals surface area contributed by atoms with Crippen LogP contribution in [-0.2, 0) is 14.3 Å². The van der Waals surface area contributed by atoms with Crippen molar-refractivity contribution in [3.05, 3.63) is 58.6 Å². The molecule has 5 nitrogen and oxygen atoms in total. The van der Waals surface area contributed by atoms with Crippen LogP contribution in [0.4, 0.5) is 5.69 Å². The standard InChI is InChI=1S/C18H18ClNO4/c1-12-7-8-14(19)9-15(12)20-17(21)10-24-18(22)11-23-16-6-4-3-5-13(16)2/h3-9H,10-11H2,1-2H3,(H,20,21). The van der Waals surface area contributed by atoms with Gasteiger partial charge in [0.05, 0.1) is 0 Å². The molecule has 0 heterocycles. The van der Waals surface area contributed by atoms with Crippen LogP contribution in [0.25, 0.3) is 0 Å². The van der Waals surface area contributed by atoms with Gasteiger partial charge in [0.15, 0.2) is 13.2 Å². The van der Waals surface area contributed by atoms with Crippen LogP contribution in [0.1, 0.15) is 11.1 Å². The van der Waals surface area contributed by atoms with Crippen LogP contribution >= 0.6 is 11.6 Å². The number of anilines is 1. The molecular weight excluding hydrogens is 330 g/mol. The predicted molar refractivity (Wildman–Crippen MR) is 92.5 cm³/mol. The summed E-state index contributed by atoms with van der Waals surface area (Å²) >= 11 is 5.89. The van der Waals surface area contributed by atoms with Crippen molar-refractivity contribution in [1.29, 1.82) is 0 Å². The number of rotatable bonds is 6. The minimum Gasteiger partial charge on any atom is -0.482 e. The lowest BCUT2D eigenvalue weighted by Gasteiger charge is -2.10. The molecule has 126 valence electrons. The van der Waals surface area contributed by atoms with Gasteiger partial charge in [0.1, 0.15) is 5.75 Å². The number of ether oxygens (including phenoxy) is 2. The summed E-state index contributed by atoms with van der Waals surface area (Å²) in [6.45, 7) is 3.08. The maximum atomic E-state index is 11.8. The third kappa shape index (κ3) is 5.28. The highest BCUT2D eigenvalue weighted by atomic mass is 35.5. The van der Waals surface area contributed by atoms with Gasteiger partial charge in [-0.15, -0.1) is 0 Å². The number of carbonyl (C=O) groups is 2. The Bertz CT molecular complexity index is 746. The van der Waals surface area contributed by atoms with Crippen LogP contribution in [0.2, 0.25) is 5.02 Å². The van der Waals surface area contributed by atoms with Crippen LogP contribution in [-0.4, -0.2) is 25.1 Å². The Morgan fingerprint density at radius 1 is 1.04 bits per heavy atom. The van der Waals surface area contributed by atoms with E-state index >= 15 is 0 Å². The highest BCUT2D eigenvalue weighted by molar-refractivity contribution is 6.31. The van der Waals surface area contributed by atoms with Gasteiger partial charge in [0.2, 0.25) is 0 Å². The van der Waals surface area contributed by atoms with E-state index < -0.39 is 11.9 Å². The first kappa shape index (κ1) is 17.8. The topological polar surface area (TPSA) is 64.6 Å². The molecule has 0 aliphatic heterocycles. The number of carbonyl (C=O) groups excluding carboxylic acids is 2. The molecule has 0 saturated heterocycles. The van der Waals surface area contributed by atoms with Crippen molar-refractivity contribution < 1.29 is 19.1 Å².